The Morgan fingerprint density at radius 2 is 1.80 bits per heavy atom. The van der Waals surface area contributed by atoms with E-state index in [-0.39, 0.29) is 18.4 Å². The monoisotopic (exact) mass is 410 g/mol. The number of hydrogen-bond acceptors (Lipinski definition) is 5. The number of carbonyl (C=O) groups excluding carboxylic acids is 2. The number of rotatable bonds is 9. The minimum Gasteiger partial charge on any atom is -0.466 e. The fourth-order valence-electron chi connectivity index (χ4n) is 3.54. The molecule has 1 amide bonds. The van der Waals surface area contributed by atoms with Gasteiger partial charge >= 0.3 is 5.97 Å². The Balaban J connectivity index is 1.60. The molecule has 0 spiro atoms. The van der Waals surface area contributed by atoms with Gasteiger partial charge in [0.25, 0.3) is 5.91 Å². The highest BCUT2D eigenvalue weighted by Crippen LogP contribution is 2.12. The molecule has 6 heteroatoms. The van der Waals surface area contributed by atoms with Gasteiger partial charge in [-0.1, -0.05) is 42.5 Å². The van der Waals surface area contributed by atoms with Gasteiger partial charge in [0.1, 0.15) is 0 Å². The van der Waals surface area contributed by atoms with Gasteiger partial charge in [0.15, 0.2) is 0 Å². The number of hydrogen-bond donors (Lipinski definition) is 1. The van der Waals surface area contributed by atoms with Crippen molar-refractivity contribution in [3.8, 4) is 0 Å². The average Bonchev–Trinajstić information content (AvgIpc) is 2.78. The maximum absolute atomic E-state index is 12.7. The van der Waals surface area contributed by atoms with E-state index in [4.69, 9.17) is 9.47 Å². The van der Waals surface area contributed by atoms with Gasteiger partial charge in [-0.15, -0.1) is 0 Å². The predicted molar refractivity (Wildman–Crippen MR) is 115 cm³/mol. The molecule has 1 N–H and O–H groups in total. The summed E-state index contributed by atoms with van der Waals surface area (Å²) in [5.41, 5.74) is 2.73. The van der Waals surface area contributed by atoms with Crippen molar-refractivity contribution in [2.75, 3.05) is 39.5 Å². The van der Waals surface area contributed by atoms with Crippen LogP contribution in [0.1, 0.15) is 28.4 Å². The van der Waals surface area contributed by atoms with E-state index in [0.29, 0.717) is 18.6 Å². The molecule has 1 saturated heterocycles. The molecule has 30 heavy (non-hydrogen) atoms. The molecule has 2 aromatic rings. The zero-order valence-corrected chi connectivity index (χ0v) is 17.5. The third kappa shape index (κ3) is 6.68. The van der Waals surface area contributed by atoms with E-state index in [1.165, 1.54) is 0 Å². The van der Waals surface area contributed by atoms with Crippen molar-refractivity contribution < 1.29 is 19.1 Å². The molecule has 1 unspecified atom stereocenters. The fourth-order valence-corrected chi connectivity index (χ4v) is 3.54. The van der Waals surface area contributed by atoms with Crippen LogP contribution in [0.2, 0.25) is 0 Å². The molecular formula is C24H30N2O4. The second-order valence-corrected chi connectivity index (χ2v) is 7.44. The second kappa shape index (κ2) is 11.5. The SMILES string of the molecule is CCOC(=O)C(CNC(=O)c1cccc(CN2CCOCC2)c1)Cc1ccccc1. The molecule has 6 nitrogen and oxygen atoms in total. The Morgan fingerprint density at radius 3 is 2.53 bits per heavy atom. The lowest BCUT2D eigenvalue weighted by Crippen LogP contribution is -2.36. The molecule has 1 fully saturated rings. The lowest BCUT2D eigenvalue weighted by Gasteiger charge is -2.26. The van der Waals surface area contributed by atoms with E-state index in [1.54, 1.807) is 13.0 Å². The highest BCUT2D eigenvalue weighted by atomic mass is 16.5. The van der Waals surface area contributed by atoms with Gasteiger partial charge in [-0.25, -0.2) is 0 Å². The van der Waals surface area contributed by atoms with E-state index in [1.807, 2.05) is 48.5 Å². The lowest BCUT2D eigenvalue weighted by molar-refractivity contribution is -0.147. The normalized spacial score (nSPS) is 15.4. The maximum atomic E-state index is 12.7. The first kappa shape index (κ1) is 22.0. The van der Waals surface area contributed by atoms with Gasteiger partial charge < -0.3 is 14.8 Å². The Bertz CT molecular complexity index is 819. The Morgan fingerprint density at radius 1 is 1.07 bits per heavy atom. The highest BCUT2D eigenvalue weighted by Gasteiger charge is 2.21. The smallest absolute Gasteiger partial charge is 0.311 e. The van der Waals surface area contributed by atoms with Gasteiger partial charge in [-0.2, -0.15) is 0 Å². The number of benzene rings is 2. The standard InChI is InChI=1S/C24H30N2O4/c1-2-30-24(28)22(15-19-7-4-3-5-8-19)17-25-23(27)21-10-6-9-20(16-21)18-26-11-13-29-14-12-26/h3-10,16,22H,2,11-15,17-18H2,1H3,(H,25,27). The van der Waals surface area contributed by atoms with Gasteiger partial charge in [-0.3, -0.25) is 14.5 Å². The first-order valence-electron chi connectivity index (χ1n) is 10.5. The van der Waals surface area contributed by atoms with Crippen molar-refractivity contribution in [2.45, 2.75) is 19.9 Å². The van der Waals surface area contributed by atoms with E-state index >= 15 is 0 Å². The molecule has 1 aliphatic rings. The number of ether oxygens (including phenoxy) is 2. The molecule has 0 radical (unpaired) electrons. The largest absolute Gasteiger partial charge is 0.466 e. The van der Waals surface area contributed by atoms with Crippen LogP contribution in [0.25, 0.3) is 0 Å². The summed E-state index contributed by atoms with van der Waals surface area (Å²) < 4.78 is 10.6. The van der Waals surface area contributed by atoms with E-state index in [9.17, 15) is 9.59 Å². The first-order chi connectivity index (χ1) is 14.7. The predicted octanol–water partition coefficient (Wildman–Crippen LogP) is 2.67. The van der Waals surface area contributed by atoms with Gasteiger partial charge in [0, 0.05) is 31.7 Å². The summed E-state index contributed by atoms with van der Waals surface area (Å²) in [6.07, 6.45) is 0.525. The third-order valence-corrected chi connectivity index (χ3v) is 5.15. The number of amides is 1. The van der Waals surface area contributed by atoms with E-state index in [0.717, 1.165) is 44.0 Å². The molecule has 2 aromatic carbocycles. The molecule has 3 rings (SSSR count). The lowest BCUT2D eigenvalue weighted by atomic mass is 9.99. The number of morpholine rings is 1. The van der Waals surface area contributed by atoms with Crippen molar-refractivity contribution in [1.29, 1.82) is 0 Å². The molecule has 0 aliphatic carbocycles. The van der Waals surface area contributed by atoms with Crippen LogP contribution in [-0.4, -0.2) is 56.2 Å². The van der Waals surface area contributed by atoms with Crippen LogP contribution in [0.15, 0.2) is 54.6 Å². The summed E-state index contributed by atoms with van der Waals surface area (Å²) >= 11 is 0. The molecule has 1 heterocycles. The van der Waals surface area contributed by atoms with Crippen LogP contribution < -0.4 is 5.32 Å². The van der Waals surface area contributed by atoms with E-state index in [2.05, 4.69) is 10.2 Å². The fraction of sp³-hybridized carbons (Fsp3) is 0.417. The van der Waals surface area contributed by atoms with Crippen LogP contribution in [0, 0.1) is 5.92 Å². The van der Waals surface area contributed by atoms with Gasteiger partial charge in [0.2, 0.25) is 0 Å². The minimum atomic E-state index is -0.423. The van der Waals surface area contributed by atoms with Crippen molar-refractivity contribution >= 4 is 11.9 Å². The third-order valence-electron chi connectivity index (χ3n) is 5.15. The van der Waals surface area contributed by atoms with Crippen molar-refractivity contribution in [2.24, 2.45) is 5.92 Å². The van der Waals surface area contributed by atoms with Crippen LogP contribution in [0.5, 0.6) is 0 Å². The summed E-state index contributed by atoms with van der Waals surface area (Å²) in [4.78, 5) is 27.4. The minimum absolute atomic E-state index is 0.179. The number of carbonyl (C=O) groups is 2. The first-order valence-corrected chi connectivity index (χ1v) is 10.5. The van der Waals surface area contributed by atoms with Crippen LogP contribution in [0.4, 0.5) is 0 Å². The highest BCUT2D eigenvalue weighted by molar-refractivity contribution is 5.94. The summed E-state index contributed by atoms with van der Waals surface area (Å²) in [5, 5.41) is 2.92. The molecule has 1 atom stereocenters. The zero-order chi connectivity index (χ0) is 21.2. The topological polar surface area (TPSA) is 67.9 Å². The Kier molecular flexibility index (Phi) is 8.41. The molecular weight excluding hydrogens is 380 g/mol. The summed E-state index contributed by atoms with van der Waals surface area (Å²) in [6, 6.07) is 17.4. The number of esters is 1. The molecule has 0 aromatic heterocycles. The van der Waals surface area contributed by atoms with Crippen molar-refractivity contribution in [3.05, 3.63) is 71.3 Å². The number of nitrogens with zero attached hydrogens (tertiary/aromatic N) is 1. The van der Waals surface area contributed by atoms with Crippen LogP contribution in [0.3, 0.4) is 0 Å². The van der Waals surface area contributed by atoms with E-state index < -0.39 is 5.92 Å². The Hall–Kier alpha value is -2.70. The van der Waals surface area contributed by atoms with Crippen LogP contribution >= 0.6 is 0 Å². The Labute approximate surface area is 178 Å². The maximum Gasteiger partial charge on any atom is 0.311 e. The van der Waals surface area contributed by atoms with Gasteiger partial charge in [-0.05, 0) is 36.6 Å². The molecule has 160 valence electrons. The molecule has 0 saturated carbocycles. The molecule has 1 aliphatic heterocycles. The number of nitrogens with one attached hydrogen (secondary N) is 1. The summed E-state index contributed by atoms with van der Waals surface area (Å²) in [5.74, 6) is -0.892. The van der Waals surface area contributed by atoms with Crippen molar-refractivity contribution in [3.63, 3.8) is 0 Å². The van der Waals surface area contributed by atoms with Gasteiger partial charge in [0.05, 0.1) is 25.7 Å². The quantitative estimate of drug-likeness (QED) is 0.644. The zero-order valence-electron chi connectivity index (χ0n) is 17.5. The van der Waals surface area contributed by atoms with Crippen molar-refractivity contribution in [1.82, 2.24) is 10.2 Å². The molecule has 0 bridgehead atoms. The van der Waals surface area contributed by atoms with Crippen LogP contribution in [-0.2, 0) is 27.2 Å². The average molecular weight is 411 g/mol. The summed E-state index contributed by atoms with van der Waals surface area (Å²) in [7, 11) is 0. The second-order valence-electron chi connectivity index (χ2n) is 7.44. The summed E-state index contributed by atoms with van der Waals surface area (Å²) in [6.45, 7) is 6.43.